The van der Waals surface area contributed by atoms with E-state index in [0.29, 0.717) is 6.04 Å². The topological polar surface area (TPSA) is 25.4 Å². The summed E-state index contributed by atoms with van der Waals surface area (Å²) in [5.74, 6) is 0.902. The van der Waals surface area contributed by atoms with E-state index in [1.165, 1.54) is 30.6 Å². The van der Waals surface area contributed by atoms with Crippen LogP contribution in [0, 0.1) is 0 Å². The lowest BCUT2D eigenvalue weighted by atomic mass is 10.1. The predicted octanol–water partition coefficient (Wildman–Crippen LogP) is 3.45. The lowest BCUT2D eigenvalue weighted by Gasteiger charge is -2.19. The Bertz CT molecular complexity index is 612. The molecule has 1 aromatic heterocycles. The van der Waals surface area contributed by atoms with Gasteiger partial charge in [-0.05, 0) is 56.3 Å². The predicted molar refractivity (Wildman–Crippen MR) is 84.6 cm³/mol. The van der Waals surface area contributed by atoms with Crippen molar-refractivity contribution in [2.45, 2.75) is 25.3 Å². The molecule has 1 aliphatic rings. The first-order valence-corrected chi connectivity index (χ1v) is 7.55. The highest BCUT2D eigenvalue weighted by Gasteiger charge is 2.23. The molecule has 0 aliphatic carbocycles. The van der Waals surface area contributed by atoms with Gasteiger partial charge in [0.05, 0.1) is 18.8 Å². The van der Waals surface area contributed by atoms with Crippen molar-refractivity contribution in [3.05, 3.63) is 59.4 Å². The third-order valence-corrected chi connectivity index (χ3v) is 4.21. The third kappa shape index (κ3) is 3.24. The Balaban J connectivity index is 1.79. The van der Waals surface area contributed by atoms with E-state index in [-0.39, 0.29) is 0 Å². The zero-order valence-corrected chi connectivity index (χ0v) is 12.7. The van der Waals surface area contributed by atoms with Gasteiger partial charge >= 0.3 is 0 Å². The molecule has 1 unspecified atom stereocenters. The Labute approximate surface area is 126 Å². The number of hydrogen-bond acceptors (Lipinski definition) is 3. The first-order valence-electron chi connectivity index (χ1n) is 7.55. The molecule has 0 spiro atoms. The van der Waals surface area contributed by atoms with E-state index in [0.717, 1.165) is 17.9 Å². The lowest BCUT2D eigenvalue weighted by Crippen LogP contribution is -2.18. The smallest absolute Gasteiger partial charge is 0.119 e. The summed E-state index contributed by atoms with van der Waals surface area (Å²) in [6, 6.07) is 15.1. The Morgan fingerprint density at radius 2 is 2.10 bits per heavy atom. The third-order valence-electron chi connectivity index (χ3n) is 4.21. The summed E-state index contributed by atoms with van der Waals surface area (Å²) < 4.78 is 5.28. The number of likely N-dealkylation sites (tertiary alicyclic amines) is 1. The number of benzene rings is 1. The number of aromatic nitrogens is 1. The monoisotopic (exact) mass is 282 g/mol. The Hall–Kier alpha value is -1.87. The van der Waals surface area contributed by atoms with Crippen LogP contribution in [0.15, 0.2) is 42.5 Å². The van der Waals surface area contributed by atoms with Gasteiger partial charge in [0.15, 0.2) is 0 Å². The van der Waals surface area contributed by atoms with Crippen LogP contribution in [0.4, 0.5) is 0 Å². The van der Waals surface area contributed by atoms with Gasteiger partial charge in [-0.3, -0.25) is 9.88 Å². The zero-order chi connectivity index (χ0) is 14.7. The van der Waals surface area contributed by atoms with Crippen LogP contribution in [0.5, 0.6) is 5.75 Å². The van der Waals surface area contributed by atoms with Gasteiger partial charge in [0.1, 0.15) is 5.75 Å². The molecule has 0 saturated carbocycles. The van der Waals surface area contributed by atoms with E-state index >= 15 is 0 Å². The Morgan fingerprint density at radius 1 is 1.24 bits per heavy atom. The largest absolute Gasteiger partial charge is 0.497 e. The molecule has 1 aliphatic heterocycles. The van der Waals surface area contributed by atoms with Crippen molar-refractivity contribution in [2.75, 3.05) is 20.7 Å². The molecule has 0 amide bonds. The summed E-state index contributed by atoms with van der Waals surface area (Å²) in [6.45, 7) is 1.17. The highest BCUT2D eigenvalue weighted by Crippen LogP contribution is 2.29. The first-order chi connectivity index (χ1) is 10.3. The average molecular weight is 282 g/mol. The second-order valence-electron chi connectivity index (χ2n) is 5.72. The van der Waals surface area contributed by atoms with E-state index in [4.69, 9.17) is 9.72 Å². The minimum Gasteiger partial charge on any atom is -0.497 e. The standard InChI is InChI=1S/C18H22N2O/c1-20-11-5-10-18(20)17-9-4-7-15(19-17)12-14-6-3-8-16(13-14)21-2/h3-4,6-9,13,18H,5,10-12H2,1-2H3. The fourth-order valence-corrected chi connectivity index (χ4v) is 3.06. The van der Waals surface area contributed by atoms with E-state index in [1.54, 1.807) is 7.11 Å². The van der Waals surface area contributed by atoms with Crippen LogP contribution >= 0.6 is 0 Å². The van der Waals surface area contributed by atoms with Crippen LogP contribution in [-0.4, -0.2) is 30.6 Å². The number of pyridine rings is 1. The van der Waals surface area contributed by atoms with Crippen LogP contribution < -0.4 is 4.74 Å². The fourth-order valence-electron chi connectivity index (χ4n) is 3.06. The van der Waals surface area contributed by atoms with Crippen molar-refractivity contribution in [2.24, 2.45) is 0 Å². The van der Waals surface area contributed by atoms with Crippen LogP contribution in [0.25, 0.3) is 0 Å². The maximum atomic E-state index is 5.28. The fraction of sp³-hybridized carbons (Fsp3) is 0.389. The molecule has 1 saturated heterocycles. The summed E-state index contributed by atoms with van der Waals surface area (Å²) in [4.78, 5) is 7.27. The molecular formula is C18H22N2O. The molecule has 0 N–H and O–H groups in total. The molecular weight excluding hydrogens is 260 g/mol. The summed E-state index contributed by atoms with van der Waals surface area (Å²) in [6.07, 6.45) is 3.33. The molecule has 2 aromatic rings. The van der Waals surface area contributed by atoms with Gasteiger partial charge in [-0.25, -0.2) is 0 Å². The summed E-state index contributed by atoms with van der Waals surface area (Å²) in [5, 5.41) is 0. The highest BCUT2D eigenvalue weighted by atomic mass is 16.5. The summed E-state index contributed by atoms with van der Waals surface area (Å²) in [5.41, 5.74) is 3.57. The average Bonchev–Trinajstić information content (AvgIpc) is 2.94. The molecule has 0 bridgehead atoms. The first kappa shape index (κ1) is 14.1. The lowest BCUT2D eigenvalue weighted by molar-refractivity contribution is 0.311. The normalized spacial score (nSPS) is 18.9. The number of nitrogens with zero attached hydrogens (tertiary/aromatic N) is 2. The molecule has 2 heterocycles. The molecule has 1 fully saturated rings. The maximum absolute atomic E-state index is 5.28. The van der Waals surface area contributed by atoms with Gasteiger partial charge in [0.25, 0.3) is 0 Å². The van der Waals surface area contributed by atoms with Gasteiger partial charge in [0.2, 0.25) is 0 Å². The quantitative estimate of drug-likeness (QED) is 0.859. The molecule has 110 valence electrons. The minimum atomic E-state index is 0.482. The van der Waals surface area contributed by atoms with Crippen molar-refractivity contribution in [1.82, 2.24) is 9.88 Å². The van der Waals surface area contributed by atoms with Gasteiger partial charge in [0, 0.05) is 12.1 Å². The number of rotatable bonds is 4. The van der Waals surface area contributed by atoms with E-state index in [1.807, 2.05) is 12.1 Å². The van der Waals surface area contributed by atoms with E-state index in [9.17, 15) is 0 Å². The zero-order valence-electron chi connectivity index (χ0n) is 12.7. The Morgan fingerprint density at radius 3 is 2.86 bits per heavy atom. The van der Waals surface area contributed by atoms with Gasteiger partial charge in [-0.1, -0.05) is 18.2 Å². The highest BCUT2D eigenvalue weighted by molar-refractivity contribution is 5.31. The van der Waals surface area contributed by atoms with E-state index in [2.05, 4.69) is 42.3 Å². The van der Waals surface area contributed by atoms with Gasteiger partial charge < -0.3 is 4.74 Å². The van der Waals surface area contributed by atoms with Crippen LogP contribution in [0.1, 0.15) is 35.8 Å². The number of ether oxygens (including phenoxy) is 1. The van der Waals surface area contributed by atoms with Crippen molar-refractivity contribution >= 4 is 0 Å². The van der Waals surface area contributed by atoms with Crippen LogP contribution in [0.2, 0.25) is 0 Å². The van der Waals surface area contributed by atoms with Crippen molar-refractivity contribution < 1.29 is 4.74 Å². The van der Waals surface area contributed by atoms with Gasteiger partial charge in [-0.2, -0.15) is 0 Å². The maximum Gasteiger partial charge on any atom is 0.119 e. The second-order valence-corrected chi connectivity index (χ2v) is 5.72. The summed E-state index contributed by atoms with van der Waals surface area (Å²) >= 11 is 0. The molecule has 1 atom stereocenters. The van der Waals surface area contributed by atoms with Crippen molar-refractivity contribution in [1.29, 1.82) is 0 Å². The molecule has 0 radical (unpaired) electrons. The number of hydrogen-bond donors (Lipinski definition) is 0. The molecule has 3 rings (SSSR count). The van der Waals surface area contributed by atoms with Gasteiger partial charge in [-0.15, -0.1) is 0 Å². The van der Waals surface area contributed by atoms with Crippen LogP contribution in [0.3, 0.4) is 0 Å². The molecule has 21 heavy (non-hydrogen) atoms. The molecule has 3 nitrogen and oxygen atoms in total. The van der Waals surface area contributed by atoms with Crippen molar-refractivity contribution in [3.63, 3.8) is 0 Å². The molecule has 1 aromatic carbocycles. The SMILES string of the molecule is COc1cccc(Cc2cccc(C3CCCN3C)n2)c1. The summed E-state index contributed by atoms with van der Waals surface area (Å²) in [7, 11) is 3.89. The van der Waals surface area contributed by atoms with Crippen LogP contribution in [-0.2, 0) is 6.42 Å². The van der Waals surface area contributed by atoms with E-state index < -0.39 is 0 Å². The Kier molecular flexibility index (Phi) is 4.20. The second kappa shape index (κ2) is 6.27. The molecule has 3 heteroatoms. The van der Waals surface area contributed by atoms with Crippen molar-refractivity contribution in [3.8, 4) is 5.75 Å². The minimum absolute atomic E-state index is 0.482. The number of methoxy groups -OCH3 is 1.